The first-order valence-electron chi connectivity index (χ1n) is 5.62. The molecule has 138 valence electrons. The van der Waals surface area contributed by atoms with Crippen LogP contribution in [0.25, 0.3) is 0 Å². The summed E-state index contributed by atoms with van der Waals surface area (Å²) in [6, 6.07) is -3.26. The van der Waals surface area contributed by atoms with Crippen molar-refractivity contribution in [1.29, 1.82) is 0 Å². The summed E-state index contributed by atoms with van der Waals surface area (Å²) in [6.45, 7) is 0.588. The van der Waals surface area contributed by atoms with Crippen molar-refractivity contribution in [3.8, 4) is 0 Å². The van der Waals surface area contributed by atoms with Gasteiger partial charge in [-0.15, -0.1) is 0 Å². The molecule has 1 rings (SSSR count). The lowest BCUT2D eigenvalue weighted by molar-refractivity contribution is -0.465. The van der Waals surface area contributed by atoms with E-state index in [1.807, 2.05) is 0 Å². The first kappa shape index (κ1) is 20.1. The highest BCUT2D eigenvalue weighted by Gasteiger charge is 2.96. The maximum atomic E-state index is 14.1. The van der Waals surface area contributed by atoms with Crippen LogP contribution in [0.5, 0.6) is 0 Å². The van der Waals surface area contributed by atoms with Gasteiger partial charge in [0.1, 0.15) is 0 Å². The van der Waals surface area contributed by atoms with E-state index < -0.39 is 48.2 Å². The van der Waals surface area contributed by atoms with Gasteiger partial charge in [-0.3, -0.25) is 4.84 Å². The lowest BCUT2D eigenvalue weighted by atomic mass is 9.69. The molecule has 1 aliphatic heterocycles. The van der Waals surface area contributed by atoms with Crippen LogP contribution in [-0.4, -0.2) is 36.3 Å². The molecule has 0 saturated carbocycles. The normalized spacial score (nSPS) is 29.9. The van der Waals surface area contributed by atoms with Gasteiger partial charge in [-0.05, 0) is 6.42 Å². The number of hydrogen-bond donors (Lipinski definition) is 1. The molecule has 1 heterocycles. The van der Waals surface area contributed by atoms with Crippen molar-refractivity contribution in [1.82, 2.24) is 5.48 Å². The maximum absolute atomic E-state index is 14.1. The van der Waals surface area contributed by atoms with Crippen molar-refractivity contribution < 1.29 is 57.5 Å². The van der Waals surface area contributed by atoms with E-state index in [0.717, 1.165) is 0 Å². The minimum atomic E-state index is -7.11. The van der Waals surface area contributed by atoms with Crippen LogP contribution in [-0.2, 0) is 4.84 Å². The van der Waals surface area contributed by atoms with Gasteiger partial charge in [0.25, 0.3) is 0 Å². The molecule has 1 saturated heterocycles. The summed E-state index contributed by atoms with van der Waals surface area (Å²) >= 11 is 0. The summed E-state index contributed by atoms with van der Waals surface area (Å²) in [6.07, 6.45) is -22.1. The molecule has 0 spiro atoms. The highest BCUT2D eigenvalue weighted by atomic mass is 19.4. The predicted molar refractivity (Wildman–Crippen MR) is 47.7 cm³/mol. The molecular formula is C9H7F12NO. The molecule has 1 N–H and O–H groups in total. The van der Waals surface area contributed by atoms with Crippen molar-refractivity contribution >= 4 is 0 Å². The molecule has 14 heteroatoms. The number of halogens is 12. The smallest absolute Gasteiger partial charge is 0.253 e. The SMILES string of the molecule is CCC1NOC(F)(C(F)(F)C(F)(F)F)C1(C(F)(F)F)C(F)(F)F. The van der Waals surface area contributed by atoms with E-state index in [4.69, 9.17) is 0 Å². The molecule has 2 nitrogen and oxygen atoms in total. The zero-order valence-corrected chi connectivity index (χ0v) is 10.7. The van der Waals surface area contributed by atoms with Gasteiger partial charge in [0.05, 0.1) is 6.04 Å². The Morgan fingerprint density at radius 2 is 1.26 bits per heavy atom. The van der Waals surface area contributed by atoms with Crippen LogP contribution in [0, 0.1) is 5.41 Å². The fourth-order valence-electron chi connectivity index (χ4n) is 2.35. The number of hydrogen-bond acceptors (Lipinski definition) is 2. The second-order valence-corrected chi connectivity index (χ2v) is 4.65. The summed E-state index contributed by atoms with van der Waals surface area (Å²) in [5, 5.41) is 0. The monoisotopic (exact) mass is 373 g/mol. The molecule has 0 amide bonds. The molecule has 2 atom stereocenters. The van der Waals surface area contributed by atoms with Crippen LogP contribution in [0.2, 0.25) is 0 Å². The number of nitrogens with one attached hydrogen (secondary N) is 1. The van der Waals surface area contributed by atoms with E-state index in [1.165, 1.54) is 0 Å². The molecule has 0 aliphatic carbocycles. The van der Waals surface area contributed by atoms with Crippen LogP contribution < -0.4 is 5.48 Å². The van der Waals surface area contributed by atoms with Crippen LogP contribution in [0.1, 0.15) is 13.3 Å². The summed E-state index contributed by atoms with van der Waals surface area (Å²) in [5.74, 6) is -13.6. The van der Waals surface area contributed by atoms with Crippen LogP contribution in [0.3, 0.4) is 0 Å². The maximum Gasteiger partial charge on any atom is 0.459 e. The Balaban J connectivity index is 3.85. The quantitative estimate of drug-likeness (QED) is 0.730. The molecule has 23 heavy (non-hydrogen) atoms. The van der Waals surface area contributed by atoms with Crippen LogP contribution in [0.15, 0.2) is 0 Å². The standard InChI is InChI=1S/C9H7F12NO/c1-2-3-4(7(13,14)15,8(16,17)18)6(12,23-22-3)5(10,11)9(19,20)21/h3,22H,2H2,1H3. The summed E-state index contributed by atoms with van der Waals surface area (Å²) < 4.78 is 155. The molecular weight excluding hydrogens is 366 g/mol. The second kappa shape index (κ2) is 5.04. The Bertz CT molecular complexity index is 437. The molecule has 1 aliphatic rings. The van der Waals surface area contributed by atoms with Gasteiger partial charge in [0.2, 0.25) is 5.41 Å². The van der Waals surface area contributed by atoms with Gasteiger partial charge < -0.3 is 0 Å². The molecule has 0 bridgehead atoms. The molecule has 1 fully saturated rings. The zero-order valence-electron chi connectivity index (χ0n) is 10.7. The fraction of sp³-hybridized carbons (Fsp3) is 1.00. The molecule has 0 aromatic heterocycles. The molecule has 0 aromatic carbocycles. The Kier molecular flexibility index (Phi) is 4.41. The Hall–Kier alpha value is -0.920. The highest BCUT2D eigenvalue weighted by Crippen LogP contribution is 2.68. The Labute approximate surface area is 119 Å². The van der Waals surface area contributed by atoms with E-state index in [1.54, 1.807) is 0 Å². The Morgan fingerprint density at radius 1 is 0.870 bits per heavy atom. The average Bonchev–Trinajstić information content (AvgIpc) is 2.61. The van der Waals surface area contributed by atoms with Crippen molar-refractivity contribution in [3.63, 3.8) is 0 Å². The molecule has 2 unspecified atom stereocenters. The average molecular weight is 373 g/mol. The fourth-order valence-corrected chi connectivity index (χ4v) is 2.35. The summed E-state index contributed by atoms with van der Waals surface area (Å²) in [4.78, 5) is 2.98. The summed E-state index contributed by atoms with van der Waals surface area (Å²) in [7, 11) is 0. The van der Waals surface area contributed by atoms with Crippen molar-refractivity contribution in [3.05, 3.63) is 0 Å². The predicted octanol–water partition coefficient (Wildman–Crippen LogP) is 4.27. The van der Waals surface area contributed by atoms with Crippen molar-refractivity contribution in [2.75, 3.05) is 0 Å². The van der Waals surface area contributed by atoms with Crippen LogP contribution in [0.4, 0.5) is 52.7 Å². The topological polar surface area (TPSA) is 21.3 Å². The Morgan fingerprint density at radius 3 is 1.52 bits per heavy atom. The van der Waals surface area contributed by atoms with Crippen molar-refractivity contribution in [2.24, 2.45) is 5.41 Å². The third-order valence-corrected chi connectivity index (χ3v) is 3.43. The highest BCUT2D eigenvalue weighted by molar-refractivity contribution is 5.18. The van der Waals surface area contributed by atoms with Gasteiger partial charge in [-0.2, -0.15) is 53.8 Å². The van der Waals surface area contributed by atoms with Gasteiger partial charge in [0, 0.05) is 0 Å². The van der Waals surface area contributed by atoms with E-state index in [9.17, 15) is 52.7 Å². The number of rotatable bonds is 2. The van der Waals surface area contributed by atoms with Crippen molar-refractivity contribution in [2.45, 2.75) is 49.7 Å². The lowest BCUT2D eigenvalue weighted by Crippen LogP contribution is -2.73. The van der Waals surface area contributed by atoms with Crippen LogP contribution >= 0.6 is 0 Å². The minimum absolute atomic E-state index is 0.588. The first-order chi connectivity index (χ1) is 9.92. The van der Waals surface area contributed by atoms with Gasteiger partial charge >= 0.3 is 30.3 Å². The van der Waals surface area contributed by atoms with Gasteiger partial charge in [-0.1, -0.05) is 6.92 Å². The number of hydroxylamine groups is 1. The minimum Gasteiger partial charge on any atom is -0.253 e. The number of alkyl halides is 12. The van der Waals surface area contributed by atoms with Gasteiger partial charge in [-0.25, -0.2) is 4.39 Å². The first-order valence-corrected chi connectivity index (χ1v) is 5.62. The summed E-state index contributed by atoms with van der Waals surface area (Å²) in [5.41, 5.74) is -5.45. The van der Waals surface area contributed by atoms with E-state index in [-0.39, 0.29) is 0 Å². The molecule has 0 aromatic rings. The third-order valence-electron chi connectivity index (χ3n) is 3.43. The van der Waals surface area contributed by atoms with Gasteiger partial charge in [0.15, 0.2) is 0 Å². The molecule has 0 radical (unpaired) electrons. The zero-order chi connectivity index (χ0) is 18.7. The van der Waals surface area contributed by atoms with E-state index in [0.29, 0.717) is 12.4 Å². The largest absolute Gasteiger partial charge is 0.459 e. The second-order valence-electron chi connectivity index (χ2n) is 4.65. The van der Waals surface area contributed by atoms with E-state index in [2.05, 4.69) is 4.84 Å². The lowest BCUT2D eigenvalue weighted by Gasteiger charge is -2.45. The third kappa shape index (κ3) is 2.27. The van der Waals surface area contributed by atoms with E-state index >= 15 is 0 Å².